The third-order valence-corrected chi connectivity index (χ3v) is 3.12. The van der Waals surface area contributed by atoms with Crippen molar-refractivity contribution < 1.29 is 14.2 Å². The van der Waals surface area contributed by atoms with Crippen molar-refractivity contribution in [3.63, 3.8) is 0 Å². The molecule has 0 spiro atoms. The van der Waals surface area contributed by atoms with Gasteiger partial charge in [0.05, 0.1) is 19.8 Å². The molecule has 3 nitrogen and oxygen atoms in total. The first-order valence-electron chi connectivity index (χ1n) is 6.38. The largest absolute Gasteiger partial charge is 0.384 e. The molecule has 2 rings (SSSR count). The number of benzene rings is 1. The summed E-state index contributed by atoms with van der Waals surface area (Å²) in [6, 6.07) is 10.3. The molecule has 3 heteroatoms. The number of methoxy groups -OCH3 is 1. The second kappa shape index (κ2) is 8.25. The number of hydrogen-bond donors (Lipinski definition) is 0. The van der Waals surface area contributed by atoms with Crippen LogP contribution in [-0.4, -0.2) is 33.7 Å². The predicted octanol–water partition coefficient (Wildman–Crippen LogP) is 3.03. The van der Waals surface area contributed by atoms with Gasteiger partial charge in [0.1, 0.15) is 6.79 Å². The molecule has 1 aromatic rings. The van der Waals surface area contributed by atoms with Crippen LogP contribution in [-0.2, 0) is 14.2 Å². The molecule has 1 aliphatic rings. The molecule has 18 heavy (non-hydrogen) atoms. The summed E-state index contributed by atoms with van der Waals surface area (Å²) in [5.74, 6) is 0. The summed E-state index contributed by atoms with van der Waals surface area (Å²) in [4.78, 5) is 0. The Morgan fingerprint density at radius 2 is 1.78 bits per heavy atom. The molecule has 0 bridgehead atoms. The zero-order chi connectivity index (χ0) is 13.3. The van der Waals surface area contributed by atoms with Crippen molar-refractivity contribution >= 4 is 0 Å². The predicted molar refractivity (Wildman–Crippen MR) is 72.6 cm³/mol. The molecule has 1 heterocycles. The summed E-state index contributed by atoms with van der Waals surface area (Å²) in [5, 5.41) is 0. The average Bonchev–Trinajstić information content (AvgIpc) is 2.42. The van der Waals surface area contributed by atoms with Gasteiger partial charge in [0.25, 0.3) is 0 Å². The van der Waals surface area contributed by atoms with Crippen molar-refractivity contribution in [3.8, 4) is 0 Å². The number of rotatable bonds is 3. The van der Waals surface area contributed by atoms with Crippen LogP contribution in [0.5, 0.6) is 0 Å². The molecular formula is C15H24O3. The van der Waals surface area contributed by atoms with Crippen molar-refractivity contribution in [1.82, 2.24) is 0 Å². The van der Waals surface area contributed by atoms with Crippen molar-refractivity contribution in [2.45, 2.75) is 20.3 Å². The quantitative estimate of drug-likeness (QED) is 0.827. The molecule has 1 aromatic carbocycles. The van der Waals surface area contributed by atoms with Gasteiger partial charge in [-0.05, 0) is 13.3 Å². The summed E-state index contributed by atoms with van der Waals surface area (Å²) < 4.78 is 15.6. The molecule has 1 aliphatic heterocycles. The highest BCUT2D eigenvalue weighted by Gasteiger charge is 2.31. The summed E-state index contributed by atoms with van der Waals surface area (Å²) in [5.41, 5.74) is 1.43. The Morgan fingerprint density at radius 1 is 1.17 bits per heavy atom. The summed E-state index contributed by atoms with van der Waals surface area (Å²) in [7, 11) is 1.71. The van der Waals surface area contributed by atoms with Gasteiger partial charge < -0.3 is 14.2 Å². The van der Waals surface area contributed by atoms with E-state index in [1.54, 1.807) is 7.11 Å². The lowest BCUT2D eigenvalue weighted by Gasteiger charge is -2.34. The van der Waals surface area contributed by atoms with Crippen LogP contribution in [0, 0.1) is 12.3 Å². The number of hydrogen-bond acceptors (Lipinski definition) is 3. The normalized spacial score (nSPS) is 17.7. The Bertz CT molecular complexity index is 299. The molecule has 0 aromatic heterocycles. The van der Waals surface area contributed by atoms with Crippen LogP contribution in [0.2, 0.25) is 0 Å². The molecule has 0 radical (unpaired) electrons. The summed E-state index contributed by atoms with van der Waals surface area (Å²) in [6.45, 7) is 6.90. The van der Waals surface area contributed by atoms with Gasteiger partial charge in [-0.15, -0.1) is 0 Å². The molecule has 0 aliphatic carbocycles. The molecule has 1 saturated heterocycles. The molecule has 0 atom stereocenters. The van der Waals surface area contributed by atoms with Gasteiger partial charge in [0, 0.05) is 12.5 Å². The van der Waals surface area contributed by atoms with E-state index >= 15 is 0 Å². The van der Waals surface area contributed by atoms with E-state index in [-0.39, 0.29) is 5.41 Å². The summed E-state index contributed by atoms with van der Waals surface area (Å²) in [6.07, 6.45) is 1.04. The third kappa shape index (κ3) is 5.17. The van der Waals surface area contributed by atoms with Crippen LogP contribution in [0.15, 0.2) is 30.3 Å². The lowest BCUT2D eigenvalue weighted by molar-refractivity contribution is -0.179. The number of aryl methyl sites for hydroxylation is 1. The Hall–Kier alpha value is -0.900. The molecular weight excluding hydrogens is 228 g/mol. The first-order chi connectivity index (χ1) is 8.72. The standard InChI is InChI=1S/C8H16O3.C7H8/c1-3-8(4-9-2)5-10-7-11-6-8;1-7-5-3-2-4-6-7/h3-7H2,1-2H3;2-6H,1H3. The lowest BCUT2D eigenvalue weighted by atomic mass is 9.87. The first kappa shape index (κ1) is 15.2. The van der Waals surface area contributed by atoms with E-state index in [2.05, 4.69) is 26.0 Å². The maximum absolute atomic E-state index is 5.23. The zero-order valence-electron chi connectivity index (χ0n) is 11.6. The molecule has 0 amide bonds. The fourth-order valence-corrected chi connectivity index (χ4v) is 1.85. The summed E-state index contributed by atoms with van der Waals surface area (Å²) >= 11 is 0. The molecule has 0 saturated carbocycles. The van der Waals surface area contributed by atoms with E-state index in [4.69, 9.17) is 14.2 Å². The zero-order valence-corrected chi connectivity index (χ0v) is 11.6. The molecule has 1 fully saturated rings. The maximum atomic E-state index is 5.23. The van der Waals surface area contributed by atoms with Crippen LogP contribution in [0.3, 0.4) is 0 Å². The van der Waals surface area contributed by atoms with Gasteiger partial charge >= 0.3 is 0 Å². The van der Waals surface area contributed by atoms with E-state index in [1.165, 1.54) is 5.56 Å². The van der Waals surface area contributed by atoms with E-state index in [1.807, 2.05) is 18.2 Å². The van der Waals surface area contributed by atoms with E-state index in [0.717, 1.165) is 26.2 Å². The van der Waals surface area contributed by atoms with Crippen LogP contribution in [0.4, 0.5) is 0 Å². The fourth-order valence-electron chi connectivity index (χ4n) is 1.85. The van der Waals surface area contributed by atoms with Crippen LogP contribution < -0.4 is 0 Å². The Balaban J connectivity index is 0.000000199. The smallest absolute Gasteiger partial charge is 0.146 e. The van der Waals surface area contributed by atoms with Gasteiger partial charge in [0.15, 0.2) is 0 Å². The van der Waals surface area contributed by atoms with Gasteiger partial charge in [-0.3, -0.25) is 0 Å². The van der Waals surface area contributed by atoms with E-state index < -0.39 is 0 Å². The second-order valence-corrected chi connectivity index (χ2v) is 4.76. The van der Waals surface area contributed by atoms with Crippen LogP contribution in [0.1, 0.15) is 18.9 Å². The Kier molecular flexibility index (Phi) is 6.94. The highest BCUT2D eigenvalue weighted by molar-refractivity contribution is 5.11. The highest BCUT2D eigenvalue weighted by Crippen LogP contribution is 2.26. The first-order valence-corrected chi connectivity index (χ1v) is 6.38. The van der Waals surface area contributed by atoms with Crippen molar-refractivity contribution in [2.75, 3.05) is 33.7 Å². The van der Waals surface area contributed by atoms with Gasteiger partial charge in [-0.1, -0.05) is 42.8 Å². The van der Waals surface area contributed by atoms with Crippen molar-refractivity contribution in [2.24, 2.45) is 5.41 Å². The molecule has 0 N–H and O–H groups in total. The SMILES string of the molecule is CCC1(COC)COCOC1.Cc1ccccc1. The van der Waals surface area contributed by atoms with E-state index in [0.29, 0.717) is 6.79 Å². The topological polar surface area (TPSA) is 27.7 Å². The monoisotopic (exact) mass is 252 g/mol. The van der Waals surface area contributed by atoms with Crippen molar-refractivity contribution in [3.05, 3.63) is 35.9 Å². The Labute approximate surface area is 110 Å². The molecule has 0 unspecified atom stereocenters. The minimum absolute atomic E-state index is 0.104. The van der Waals surface area contributed by atoms with Crippen molar-refractivity contribution in [1.29, 1.82) is 0 Å². The lowest BCUT2D eigenvalue weighted by Crippen LogP contribution is -2.40. The van der Waals surface area contributed by atoms with Gasteiger partial charge in [0.2, 0.25) is 0 Å². The fraction of sp³-hybridized carbons (Fsp3) is 0.600. The Morgan fingerprint density at radius 3 is 2.17 bits per heavy atom. The van der Waals surface area contributed by atoms with Gasteiger partial charge in [-0.2, -0.15) is 0 Å². The minimum atomic E-state index is 0.104. The molecule has 102 valence electrons. The van der Waals surface area contributed by atoms with Crippen LogP contribution >= 0.6 is 0 Å². The van der Waals surface area contributed by atoms with Crippen LogP contribution in [0.25, 0.3) is 0 Å². The van der Waals surface area contributed by atoms with Gasteiger partial charge in [-0.25, -0.2) is 0 Å². The average molecular weight is 252 g/mol. The van der Waals surface area contributed by atoms with E-state index in [9.17, 15) is 0 Å². The highest BCUT2D eigenvalue weighted by atomic mass is 16.7. The third-order valence-electron chi connectivity index (χ3n) is 3.12. The number of ether oxygens (including phenoxy) is 3. The maximum Gasteiger partial charge on any atom is 0.146 e. The second-order valence-electron chi connectivity index (χ2n) is 4.76. The minimum Gasteiger partial charge on any atom is -0.384 e.